The molecule has 35 heavy (non-hydrogen) atoms. The van der Waals surface area contributed by atoms with Crippen LogP contribution in [0.2, 0.25) is 0 Å². The van der Waals surface area contributed by atoms with E-state index in [1.807, 2.05) is 58.0 Å². The molecule has 3 aliphatic rings. The number of imide groups is 2. The molecule has 1 fully saturated rings. The van der Waals surface area contributed by atoms with Crippen LogP contribution >= 0.6 is 0 Å². The number of rotatable bonds is 3. The summed E-state index contributed by atoms with van der Waals surface area (Å²) in [5.74, 6) is -2.04. The molecule has 0 saturated carbocycles. The van der Waals surface area contributed by atoms with Gasteiger partial charge in [-0.3, -0.25) is 24.1 Å². The fourth-order valence-corrected chi connectivity index (χ4v) is 5.35. The molecular formula is C29H28N2O4. The molecule has 2 heterocycles. The van der Waals surface area contributed by atoms with Gasteiger partial charge in [0.1, 0.15) is 0 Å². The fourth-order valence-electron chi connectivity index (χ4n) is 5.35. The van der Waals surface area contributed by atoms with E-state index in [0.717, 1.165) is 22.3 Å². The average molecular weight is 469 g/mol. The van der Waals surface area contributed by atoms with Gasteiger partial charge in [-0.1, -0.05) is 18.2 Å². The summed E-state index contributed by atoms with van der Waals surface area (Å²) in [5, 5.41) is 0. The smallest absolute Gasteiger partial charge is 0.266 e. The van der Waals surface area contributed by atoms with Crippen molar-refractivity contribution >= 4 is 35.0 Å². The first-order chi connectivity index (χ1) is 16.6. The number of benzene rings is 2. The Labute approximate surface area is 204 Å². The maximum absolute atomic E-state index is 13.4. The van der Waals surface area contributed by atoms with Crippen molar-refractivity contribution in [1.82, 2.24) is 0 Å². The zero-order valence-electron chi connectivity index (χ0n) is 20.6. The lowest BCUT2D eigenvalue weighted by Crippen LogP contribution is -2.33. The minimum atomic E-state index is -0.563. The molecule has 1 aliphatic carbocycles. The summed E-state index contributed by atoms with van der Waals surface area (Å²) < 4.78 is 0. The summed E-state index contributed by atoms with van der Waals surface area (Å²) in [5.41, 5.74) is 6.86. The fraction of sp³-hybridized carbons (Fsp3) is 0.310. The van der Waals surface area contributed by atoms with E-state index in [0.29, 0.717) is 28.1 Å². The predicted molar refractivity (Wildman–Crippen MR) is 134 cm³/mol. The van der Waals surface area contributed by atoms with Gasteiger partial charge in [-0.15, -0.1) is 0 Å². The molecule has 2 aromatic carbocycles. The van der Waals surface area contributed by atoms with Gasteiger partial charge in [0.15, 0.2) is 0 Å². The Balaban J connectivity index is 1.42. The molecule has 2 aliphatic heterocycles. The summed E-state index contributed by atoms with van der Waals surface area (Å²) in [6.07, 6.45) is 2.25. The molecule has 6 heteroatoms. The highest BCUT2D eigenvalue weighted by molar-refractivity contribution is 6.34. The number of hydrogen-bond donors (Lipinski definition) is 0. The van der Waals surface area contributed by atoms with Crippen molar-refractivity contribution in [2.45, 2.75) is 47.5 Å². The van der Waals surface area contributed by atoms with Crippen molar-refractivity contribution in [2.75, 3.05) is 9.80 Å². The molecule has 1 saturated heterocycles. The largest absolute Gasteiger partial charge is 0.274 e. The van der Waals surface area contributed by atoms with Gasteiger partial charge in [0.25, 0.3) is 11.8 Å². The zero-order valence-corrected chi connectivity index (χ0v) is 20.6. The van der Waals surface area contributed by atoms with Gasteiger partial charge >= 0.3 is 0 Å². The average Bonchev–Trinajstić information content (AvgIpc) is 3.24. The maximum atomic E-state index is 13.4. The van der Waals surface area contributed by atoms with Crippen LogP contribution in [0.3, 0.4) is 0 Å². The minimum Gasteiger partial charge on any atom is -0.274 e. The van der Waals surface area contributed by atoms with E-state index in [4.69, 9.17) is 0 Å². The predicted octanol–water partition coefficient (Wildman–Crippen LogP) is 4.64. The number of nitrogens with zero attached hydrogens (tertiary/aromatic N) is 2. The van der Waals surface area contributed by atoms with Crippen molar-refractivity contribution in [1.29, 1.82) is 0 Å². The first-order valence-corrected chi connectivity index (χ1v) is 11.9. The Morgan fingerprint density at radius 2 is 1.26 bits per heavy atom. The number of allylic oxidation sites excluding steroid dienone is 1. The number of carbonyl (C=O) groups excluding carboxylic acids is 4. The van der Waals surface area contributed by atoms with Crippen LogP contribution in [0.5, 0.6) is 0 Å². The van der Waals surface area contributed by atoms with Crippen molar-refractivity contribution < 1.29 is 19.2 Å². The van der Waals surface area contributed by atoms with E-state index in [-0.39, 0.29) is 42.4 Å². The molecule has 0 spiro atoms. The highest BCUT2D eigenvalue weighted by Gasteiger charge is 2.48. The quantitative estimate of drug-likeness (QED) is 0.616. The molecule has 0 aromatic heterocycles. The van der Waals surface area contributed by atoms with Crippen LogP contribution in [0.4, 0.5) is 11.4 Å². The standard InChI is InChI=1S/C29H28N2O4/c1-15-6-8-21(11-17(15)3)30-25(32)14-23(27(30)33)20-10-19(5)26-24(13-20)28(34)31(29(26)35)22-9-7-16(2)18(4)12-22/h6-12,20,23H,13-14H2,1-5H3/t20-,23+/m0/s1. The van der Waals surface area contributed by atoms with Crippen molar-refractivity contribution in [3.63, 3.8) is 0 Å². The SMILES string of the molecule is CC1=C[C@H]([C@H]2CC(=O)N(c3ccc(C)c(C)c3)C2=O)CC2=C1C(=O)N(c1ccc(C)c(C)c1)C2=O. The van der Waals surface area contributed by atoms with E-state index in [1.54, 1.807) is 19.1 Å². The Bertz CT molecular complexity index is 1400. The molecule has 0 unspecified atom stereocenters. The Morgan fingerprint density at radius 1 is 0.686 bits per heavy atom. The van der Waals surface area contributed by atoms with Crippen molar-refractivity contribution in [3.05, 3.63) is 81.4 Å². The summed E-state index contributed by atoms with van der Waals surface area (Å²) in [6, 6.07) is 11.1. The Kier molecular flexibility index (Phi) is 5.35. The molecular weight excluding hydrogens is 440 g/mol. The van der Waals surface area contributed by atoms with Gasteiger partial charge in [0, 0.05) is 12.0 Å². The first-order valence-electron chi connectivity index (χ1n) is 11.9. The van der Waals surface area contributed by atoms with E-state index in [1.165, 1.54) is 9.80 Å². The second-order valence-electron chi connectivity index (χ2n) is 9.93. The molecule has 0 radical (unpaired) electrons. The van der Waals surface area contributed by atoms with E-state index in [9.17, 15) is 19.2 Å². The van der Waals surface area contributed by atoms with Gasteiger partial charge in [-0.05, 0) is 99.0 Å². The van der Waals surface area contributed by atoms with Crippen molar-refractivity contribution in [3.8, 4) is 0 Å². The number of hydrogen-bond acceptors (Lipinski definition) is 4. The van der Waals surface area contributed by atoms with E-state index in [2.05, 4.69) is 0 Å². The van der Waals surface area contributed by atoms with Crippen LogP contribution < -0.4 is 9.80 Å². The molecule has 2 atom stereocenters. The van der Waals surface area contributed by atoms with Crippen LogP contribution in [-0.2, 0) is 19.2 Å². The maximum Gasteiger partial charge on any atom is 0.266 e. The van der Waals surface area contributed by atoms with Gasteiger partial charge in [-0.25, -0.2) is 4.90 Å². The lowest BCUT2D eigenvalue weighted by molar-refractivity contribution is -0.123. The highest BCUT2D eigenvalue weighted by atomic mass is 16.2. The number of amides is 4. The number of carbonyl (C=O) groups is 4. The third-order valence-corrected chi connectivity index (χ3v) is 7.67. The Morgan fingerprint density at radius 3 is 1.83 bits per heavy atom. The monoisotopic (exact) mass is 468 g/mol. The van der Waals surface area contributed by atoms with Gasteiger partial charge in [0.05, 0.1) is 22.9 Å². The molecule has 6 nitrogen and oxygen atoms in total. The second-order valence-corrected chi connectivity index (χ2v) is 9.93. The summed E-state index contributed by atoms with van der Waals surface area (Å²) in [7, 11) is 0. The second kappa shape index (κ2) is 8.15. The molecule has 2 aromatic rings. The van der Waals surface area contributed by atoms with Gasteiger partial charge in [0.2, 0.25) is 11.8 Å². The summed E-state index contributed by atoms with van der Waals surface area (Å²) >= 11 is 0. The molecule has 0 bridgehead atoms. The molecule has 0 N–H and O–H groups in total. The van der Waals surface area contributed by atoms with Crippen LogP contribution in [0.1, 0.15) is 42.0 Å². The molecule has 4 amide bonds. The van der Waals surface area contributed by atoms with Gasteiger partial charge in [-0.2, -0.15) is 0 Å². The highest BCUT2D eigenvalue weighted by Crippen LogP contribution is 2.43. The normalized spacial score (nSPS) is 22.4. The first kappa shape index (κ1) is 23.0. The van der Waals surface area contributed by atoms with Crippen LogP contribution in [-0.4, -0.2) is 23.6 Å². The third-order valence-electron chi connectivity index (χ3n) is 7.67. The lowest BCUT2D eigenvalue weighted by Gasteiger charge is -2.24. The summed E-state index contributed by atoms with van der Waals surface area (Å²) in [6.45, 7) is 9.67. The minimum absolute atomic E-state index is 0.0891. The van der Waals surface area contributed by atoms with E-state index >= 15 is 0 Å². The van der Waals surface area contributed by atoms with Crippen LogP contribution in [0.15, 0.2) is 59.2 Å². The Hall–Kier alpha value is -3.80. The van der Waals surface area contributed by atoms with Crippen molar-refractivity contribution in [2.24, 2.45) is 11.8 Å². The number of aryl methyl sites for hydroxylation is 4. The van der Waals surface area contributed by atoms with Crippen LogP contribution in [0.25, 0.3) is 0 Å². The zero-order chi connectivity index (χ0) is 25.2. The topological polar surface area (TPSA) is 74.8 Å². The van der Waals surface area contributed by atoms with Crippen LogP contribution in [0, 0.1) is 39.5 Å². The van der Waals surface area contributed by atoms with E-state index < -0.39 is 5.92 Å². The van der Waals surface area contributed by atoms with Gasteiger partial charge < -0.3 is 0 Å². The lowest BCUT2D eigenvalue weighted by atomic mass is 9.78. The molecule has 5 rings (SSSR count). The number of anilines is 2. The third kappa shape index (κ3) is 3.55. The molecule has 178 valence electrons. The summed E-state index contributed by atoms with van der Waals surface area (Å²) in [4.78, 5) is 55.5.